The molecule has 0 saturated heterocycles. The van der Waals surface area contributed by atoms with Crippen LogP contribution in [0.15, 0.2) is 75.6 Å². The summed E-state index contributed by atoms with van der Waals surface area (Å²) in [7, 11) is 0. The summed E-state index contributed by atoms with van der Waals surface area (Å²) >= 11 is 0. The first-order valence-corrected chi connectivity index (χ1v) is 7.69. The van der Waals surface area contributed by atoms with E-state index in [4.69, 9.17) is 10.2 Å². The van der Waals surface area contributed by atoms with Gasteiger partial charge in [0.15, 0.2) is 28.7 Å². The van der Waals surface area contributed by atoms with Crippen LogP contribution in [-0.2, 0) is 0 Å². The van der Waals surface area contributed by atoms with Crippen molar-refractivity contribution in [1.82, 2.24) is 9.38 Å². The van der Waals surface area contributed by atoms with E-state index in [2.05, 4.69) is 15.2 Å². The number of primary amides is 1. The second kappa shape index (κ2) is 6.17. The van der Waals surface area contributed by atoms with Crippen molar-refractivity contribution < 1.29 is 14.3 Å². The van der Waals surface area contributed by atoms with Gasteiger partial charge in [0.1, 0.15) is 0 Å². The average Bonchev–Trinajstić information content (AvgIpc) is 3.28. The van der Waals surface area contributed by atoms with E-state index in [1.165, 1.54) is 12.3 Å². The second-order valence-corrected chi connectivity index (χ2v) is 5.46. The summed E-state index contributed by atoms with van der Waals surface area (Å²) in [6.45, 7) is 0. The Hall–Kier alpha value is -3.94. The normalized spacial score (nSPS) is 11.4. The monoisotopic (exact) mass is 347 g/mol. The average molecular weight is 347 g/mol. The number of benzene rings is 1. The Morgan fingerprint density at radius 3 is 2.62 bits per heavy atom. The third kappa shape index (κ3) is 2.69. The van der Waals surface area contributed by atoms with Gasteiger partial charge in [0, 0.05) is 11.8 Å². The van der Waals surface area contributed by atoms with E-state index >= 15 is 0 Å². The molecular weight excluding hydrogens is 334 g/mol. The lowest BCUT2D eigenvalue weighted by Crippen LogP contribution is -2.10. The Bertz CT molecular complexity index is 1110. The highest BCUT2D eigenvalue weighted by atomic mass is 16.3. The van der Waals surface area contributed by atoms with E-state index in [0.29, 0.717) is 34.2 Å². The summed E-state index contributed by atoms with van der Waals surface area (Å²) in [6, 6.07) is 13.1. The number of aromatic hydroxyl groups is 1. The summed E-state index contributed by atoms with van der Waals surface area (Å²) in [5, 5.41) is 18.5. The third-order valence-corrected chi connectivity index (χ3v) is 3.77. The van der Waals surface area contributed by atoms with Gasteiger partial charge >= 0.3 is 0 Å². The molecule has 3 heterocycles. The first kappa shape index (κ1) is 15.6. The number of amides is 1. The fraction of sp³-hybridized carbons (Fsp3) is 0. The molecule has 1 aromatic carbocycles. The molecular formula is C18H13N5O3. The Kier molecular flexibility index (Phi) is 3.70. The molecule has 4 aromatic rings. The molecule has 0 aliphatic carbocycles. The molecule has 3 N–H and O–H groups in total. The first-order chi connectivity index (χ1) is 12.6. The lowest BCUT2D eigenvalue weighted by Gasteiger charge is -1.99. The maximum atomic E-state index is 11.1. The number of carbonyl (C=O) groups excluding carboxylic acids is 1. The molecule has 0 unspecified atom stereocenters. The molecule has 4 rings (SSSR count). The molecule has 1 amide bonds. The number of pyridine rings is 1. The molecule has 26 heavy (non-hydrogen) atoms. The lowest BCUT2D eigenvalue weighted by molar-refractivity contribution is 0.100. The molecule has 8 nitrogen and oxygen atoms in total. The van der Waals surface area contributed by atoms with Crippen LogP contribution in [0.4, 0.5) is 11.5 Å². The van der Waals surface area contributed by atoms with Crippen LogP contribution in [0.1, 0.15) is 10.4 Å². The minimum Gasteiger partial charge on any atom is -0.504 e. The predicted molar refractivity (Wildman–Crippen MR) is 93.7 cm³/mol. The lowest BCUT2D eigenvalue weighted by atomic mass is 10.2. The van der Waals surface area contributed by atoms with Crippen LogP contribution in [0.3, 0.4) is 0 Å². The first-order valence-electron chi connectivity index (χ1n) is 7.69. The van der Waals surface area contributed by atoms with Crippen molar-refractivity contribution in [3.8, 4) is 17.2 Å². The molecule has 0 aliphatic rings. The largest absolute Gasteiger partial charge is 0.504 e. The number of imidazole rings is 1. The third-order valence-electron chi connectivity index (χ3n) is 3.77. The maximum absolute atomic E-state index is 11.1. The van der Waals surface area contributed by atoms with Gasteiger partial charge in [0.25, 0.3) is 0 Å². The van der Waals surface area contributed by atoms with E-state index in [-0.39, 0.29) is 5.75 Å². The highest BCUT2D eigenvalue weighted by Crippen LogP contribution is 2.34. The number of rotatable bonds is 4. The second-order valence-electron chi connectivity index (χ2n) is 5.46. The summed E-state index contributed by atoms with van der Waals surface area (Å²) in [5.74, 6) is 0.425. The SMILES string of the molecule is NC(=O)c1ccc(N=Nc2c(-c3ccco3)nc3c(O)cccn23)cc1. The standard InChI is InChI=1S/C18H13N5O3/c19-16(25)11-5-7-12(8-6-11)21-22-18-15(14-4-2-10-26-14)20-17-13(24)3-1-9-23(17)18/h1-10,24H,(H2,19,25). The van der Waals surface area contributed by atoms with Crippen LogP contribution in [0.2, 0.25) is 0 Å². The Balaban J connectivity index is 1.81. The summed E-state index contributed by atoms with van der Waals surface area (Å²) in [4.78, 5) is 15.5. The number of carbonyl (C=O) groups is 1. The zero-order chi connectivity index (χ0) is 18.1. The van der Waals surface area contributed by atoms with Crippen molar-refractivity contribution in [2.24, 2.45) is 16.0 Å². The Labute approximate surface area is 147 Å². The van der Waals surface area contributed by atoms with Crippen molar-refractivity contribution in [3.05, 3.63) is 66.6 Å². The number of furan rings is 1. The number of azo groups is 1. The van der Waals surface area contributed by atoms with Crippen LogP contribution < -0.4 is 5.73 Å². The summed E-state index contributed by atoms with van der Waals surface area (Å²) in [6.07, 6.45) is 3.25. The van der Waals surface area contributed by atoms with Gasteiger partial charge in [-0.3, -0.25) is 9.20 Å². The van der Waals surface area contributed by atoms with Gasteiger partial charge in [-0.2, -0.15) is 0 Å². The van der Waals surface area contributed by atoms with Crippen molar-refractivity contribution in [2.75, 3.05) is 0 Å². The van der Waals surface area contributed by atoms with Gasteiger partial charge in [0.05, 0.1) is 12.0 Å². The molecule has 0 fully saturated rings. The molecule has 0 radical (unpaired) electrons. The molecule has 0 saturated carbocycles. The van der Waals surface area contributed by atoms with Crippen LogP contribution in [-0.4, -0.2) is 20.4 Å². The summed E-state index contributed by atoms with van der Waals surface area (Å²) in [5.41, 5.74) is 6.95. The minimum atomic E-state index is -0.508. The van der Waals surface area contributed by atoms with Gasteiger partial charge < -0.3 is 15.3 Å². The molecule has 8 heteroatoms. The number of aromatic nitrogens is 2. The van der Waals surface area contributed by atoms with Crippen molar-refractivity contribution in [3.63, 3.8) is 0 Å². The Morgan fingerprint density at radius 1 is 1.12 bits per heavy atom. The van der Waals surface area contributed by atoms with Crippen molar-refractivity contribution in [2.45, 2.75) is 0 Å². The smallest absolute Gasteiger partial charge is 0.248 e. The molecule has 0 spiro atoms. The Morgan fingerprint density at radius 2 is 1.92 bits per heavy atom. The molecule has 0 bridgehead atoms. The zero-order valence-electron chi connectivity index (χ0n) is 13.4. The van der Waals surface area contributed by atoms with Gasteiger partial charge in [0.2, 0.25) is 5.91 Å². The van der Waals surface area contributed by atoms with E-state index in [1.807, 2.05) is 0 Å². The topological polar surface area (TPSA) is 118 Å². The highest BCUT2D eigenvalue weighted by Gasteiger charge is 2.18. The fourth-order valence-electron chi connectivity index (χ4n) is 2.51. The van der Waals surface area contributed by atoms with Crippen LogP contribution in [0.25, 0.3) is 17.1 Å². The molecule has 3 aromatic heterocycles. The van der Waals surface area contributed by atoms with Gasteiger partial charge in [-0.1, -0.05) is 0 Å². The molecule has 0 atom stereocenters. The van der Waals surface area contributed by atoms with Gasteiger partial charge in [-0.25, -0.2) is 4.98 Å². The highest BCUT2D eigenvalue weighted by molar-refractivity contribution is 5.93. The van der Waals surface area contributed by atoms with Crippen molar-refractivity contribution >= 4 is 23.1 Å². The number of nitrogens with two attached hydrogens (primary N) is 1. The fourth-order valence-corrected chi connectivity index (χ4v) is 2.51. The van der Waals surface area contributed by atoms with E-state index in [9.17, 15) is 9.90 Å². The number of hydrogen-bond acceptors (Lipinski definition) is 6. The van der Waals surface area contributed by atoms with Crippen LogP contribution in [0, 0.1) is 0 Å². The van der Waals surface area contributed by atoms with E-state index < -0.39 is 5.91 Å². The van der Waals surface area contributed by atoms with E-state index in [0.717, 1.165) is 0 Å². The minimum absolute atomic E-state index is 0.0209. The molecule has 0 aliphatic heterocycles. The summed E-state index contributed by atoms with van der Waals surface area (Å²) < 4.78 is 7.03. The maximum Gasteiger partial charge on any atom is 0.248 e. The van der Waals surface area contributed by atoms with Gasteiger partial charge in [-0.05, 0) is 48.5 Å². The predicted octanol–water partition coefficient (Wildman–Crippen LogP) is 3.81. The van der Waals surface area contributed by atoms with Crippen LogP contribution in [0.5, 0.6) is 5.75 Å². The number of nitrogens with zero attached hydrogens (tertiary/aromatic N) is 4. The number of fused-ring (bicyclic) bond motifs is 1. The zero-order valence-corrected chi connectivity index (χ0v) is 13.4. The molecule has 128 valence electrons. The van der Waals surface area contributed by atoms with Crippen molar-refractivity contribution in [1.29, 1.82) is 0 Å². The van der Waals surface area contributed by atoms with Gasteiger partial charge in [-0.15, -0.1) is 10.2 Å². The number of hydrogen-bond donors (Lipinski definition) is 2. The van der Waals surface area contributed by atoms with E-state index in [1.54, 1.807) is 53.1 Å². The van der Waals surface area contributed by atoms with Crippen LogP contribution >= 0.6 is 0 Å². The quantitative estimate of drug-likeness (QED) is 0.545.